The quantitative estimate of drug-likeness (QED) is 0.266. The molecule has 1 nitrogen and oxygen atoms in total. The Morgan fingerprint density at radius 2 is 1.22 bits per heavy atom. The summed E-state index contributed by atoms with van der Waals surface area (Å²) in [6.07, 6.45) is 4.60. The molecule has 0 saturated carbocycles. The molecule has 0 saturated heterocycles. The molecule has 0 amide bonds. The summed E-state index contributed by atoms with van der Waals surface area (Å²) in [6, 6.07) is 0. The van der Waals surface area contributed by atoms with Crippen LogP contribution in [0, 0.1) is 12.3 Å². The Kier molecular flexibility index (Phi) is 380. The van der Waals surface area contributed by atoms with Gasteiger partial charge in [-0.3, -0.25) is 0 Å². The minimum Gasteiger partial charge on any atom is -1.00 e. The SMILES string of the molecule is C#CC.CC.C[O-].[Ca+2].[I-]. The molecule has 0 spiro atoms. The zero-order chi connectivity index (χ0) is 6.71. The van der Waals surface area contributed by atoms with Gasteiger partial charge in [0.05, 0.1) is 0 Å². The van der Waals surface area contributed by atoms with E-state index in [1.54, 1.807) is 6.92 Å². The number of hydrogen-bond donors (Lipinski definition) is 0. The molecule has 52 valence electrons. The summed E-state index contributed by atoms with van der Waals surface area (Å²) < 4.78 is 0. The first-order valence-electron chi connectivity index (χ1n) is 2.20. The normalized spacial score (nSPS) is 2.22. The summed E-state index contributed by atoms with van der Waals surface area (Å²) in [5.41, 5.74) is 0. The standard InChI is InChI=1S/C3H4.C2H6.CH3O.Ca.HI/c1-3-2;2*1-2;;/h1H,2H3;1-2H3;1H3;;1H/q;;-1;+2;/p-1. The van der Waals surface area contributed by atoms with Gasteiger partial charge in [0.1, 0.15) is 0 Å². The van der Waals surface area contributed by atoms with Gasteiger partial charge in [-0.2, -0.15) is 7.11 Å². The van der Waals surface area contributed by atoms with Crippen molar-refractivity contribution in [3.8, 4) is 12.3 Å². The molecule has 0 atom stereocenters. The molecule has 0 aliphatic carbocycles. The minimum absolute atomic E-state index is 0. The summed E-state index contributed by atoms with van der Waals surface area (Å²) in [7, 11) is 0.750. The van der Waals surface area contributed by atoms with Crippen LogP contribution >= 0.6 is 0 Å². The van der Waals surface area contributed by atoms with Gasteiger partial charge in [-0.15, -0.1) is 12.3 Å². The maximum absolute atomic E-state index is 8.25. The molecule has 0 fully saturated rings. The average molecular weight is 268 g/mol. The molecule has 0 aliphatic heterocycles. The molecule has 3 heteroatoms. The van der Waals surface area contributed by atoms with E-state index >= 15 is 0 Å². The summed E-state index contributed by atoms with van der Waals surface area (Å²) in [5.74, 6) is 2.25. The third kappa shape index (κ3) is 235. The van der Waals surface area contributed by atoms with Gasteiger partial charge in [0.2, 0.25) is 0 Å². The predicted octanol–water partition coefficient (Wildman–Crippen LogP) is -2.73. The monoisotopic (exact) mass is 268 g/mol. The maximum Gasteiger partial charge on any atom is 2.00 e. The van der Waals surface area contributed by atoms with Gasteiger partial charge >= 0.3 is 37.7 Å². The Morgan fingerprint density at radius 3 is 1.22 bits per heavy atom. The number of rotatable bonds is 0. The molecule has 0 aliphatic rings. The van der Waals surface area contributed by atoms with Gasteiger partial charge in [0, 0.05) is 0 Å². The van der Waals surface area contributed by atoms with Crippen LogP contribution in [0.1, 0.15) is 20.8 Å². The van der Waals surface area contributed by atoms with Crippen LogP contribution in [0.15, 0.2) is 0 Å². The Morgan fingerprint density at radius 1 is 1.22 bits per heavy atom. The van der Waals surface area contributed by atoms with Crippen molar-refractivity contribution in [1.29, 1.82) is 0 Å². The van der Waals surface area contributed by atoms with Gasteiger partial charge in [-0.1, -0.05) is 13.8 Å². The second kappa shape index (κ2) is 109. The fourth-order valence-corrected chi connectivity index (χ4v) is 0. The number of terminal acetylenes is 1. The Balaban J connectivity index is -0.00000000825. The maximum atomic E-state index is 8.25. The van der Waals surface area contributed by atoms with E-state index < -0.39 is 0 Å². The van der Waals surface area contributed by atoms with E-state index in [1.807, 2.05) is 13.8 Å². The van der Waals surface area contributed by atoms with Crippen molar-refractivity contribution in [1.82, 2.24) is 0 Å². The van der Waals surface area contributed by atoms with Crippen molar-refractivity contribution in [2.45, 2.75) is 20.8 Å². The molecular weight excluding hydrogens is 255 g/mol. The van der Waals surface area contributed by atoms with Gasteiger partial charge < -0.3 is 29.1 Å². The molecule has 0 aromatic rings. The molecule has 0 rings (SSSR count). The smallest absolute Gasteiger partial charge is 1.00 e. The van der Waals surface area contributed by atoms with E-state index in [0.717, 1.165) is 7.11 Å². The van der Waals surface area contributed by atoms with E-state index in [0.29, 0.717) is 0 Å². The summed E-state index contributed by atoms with van der Waals surface area (Å²) in [5, 5.41) is 8.25. The van der Waals surface area contributed by atoms with Crippen LogP contribution in [-0.4, -0.2) is 44.8 Å². The first kappa shape index (κ1) is 31.3. The third-order valence-electron chi connectivity index (χ3n) is 0. The van der Waals surface area contributed by atoms with Crippen LogP contribution < -0.4 is 29.1 Å². The molecule has 9 heavy (non-hydrogen) atoms. The summed E-state index contributed by atoms with van der Waals surface area (Å²) in [6.45, 7) is 5.65. The fraction of sp³-hybridized carbons (Fsp3) is 0.667. The van der Waals surface area contributed by atoms with Crippen LogP contribution in [-0.2, 0) is 0 Å². The van der Waals surface area contributed by atoms with Gasteiger partial charge in [-0.05, 0) is 6.92 Å². The van der Waals surface area contributed by atoms with Crippen molar-refractivity contribution in [3.63, 3.8) is 0 Å². The predicted molar refractivity (Wildman–Crippen MR) is 37.5 cm³/mol. The largest absolute Gasteiger partial charge is 2.00 e. The van der Waals surface area contributed by atoms with E-state index in [4.69, 9.17) is 5.11 Å². The first-order valence-corrected chi connectivity index (χ1v) is 2.20. The molecule has 0 bridgehead atoms. The van der Waals surface area contributed by atoms with Crippen LogP contribution in [0.3, 0.4) is 0 Å². The van der Waals surface area contributed by atoms with Crippen molar-refractivity contribution in [2.24, 2.45) is 0 Å². The third-order valence-corrected chi connectivity index (χ3v) is 0. The number of hydrogen-bond acceptors (Lipinski definition) is 1. The molecule has 0 unspecified atom stereocenters. The van der Waals surface area contributed by atoms with Crippen molar-refractivity contribution in [2.75, 3.05) is 7.11 Å². The van der Waals surface area contributed by atoms with E-state index in [1.165, 1.54) is 0 Å². The fourth-order valence-electron chi connectivity index (χ4n) is 0. The zero-order valence-electron chi connectivity index (χ0n) is 6.57. The molecule has 0 heterocycles. The van der Waals surface area contributed by atoms with Crippen LogP contribution in [0.25, 0.3) is 0 Å². The van der Waals surface area contributed by atoms with Gasteiger partial charge in [0.15, 0.2) is 0 Å². The first-order chi connectivity index (χ1) is 3.41. The molecular formula is C6H13CaIO. The van der Waals surface area contributed by atoms with Crippen LogP contribution in [0.5, 0.6) is 0 Å². The van der Waals surface area contributed by atoms with Crippen LogP contribution in [0.4, 0.5) is 0 Å². The van der Waals surface area contributed by atoms with Crippen LogP contribution in [0.2, 0.25) is 0 Å². The summed E-state index contributed by atoms with van der Waals surface area (Å²) >= 11 is 0. The van der Waals surface area contributed by atoms with E-state index in [-0.39, 0.29) is 61.7 Å². The van der Waals surface area contributed by atoms with Crippen molar-refractivity contribution >= 4 is 37.7 Å². The second-order valence-electron chi connectivity index (χ2n) is 0.289. The average Bonchev–Trinajstić information content (AvgIpc) is 1.78. The van der Waals surface area contributed by atoms with Gasteiger partial charge in [0.25, 0.3) is 0 Å². The van der Waals surface area contributed by atoms with E-state index in [9.17, 15) is 0 Å². The Hall–Kier alpha value is 1.51. The minimum atomic E-state index is 0. The zero-order valence-corrected chi connectivity index (χ0v) is 10.9. The van der Waals surface area contributed by atoms with E-state index in [2.05, 4.69) is 12.3 Å². The Labute approximate surface area is 106 Å². The van der Waals surface area contributed by atoms with Crippen molar-refractivity contribution < 1.29 is 29.1 Å². The van der Waals surface area contributed by atoms with Gasteiger partial charge in [-0.25, -0.2) is 0 Å². The second-order valence-corrected chi connectivity index (χ2v) is 0.289. The number of halogens is 1. The topological polar surface area (TPSA) is 23.1 Å². The van der Waals surface area contributed by atoms with Crippen molar-refractivity contribution in [3.05, 3.63) is 0 Å². The molecule has 0 N–H and O–H groups in total. The molecule has 0 aromatic carbocycles. The Bertz CT molecular complexity index is 34.5. The molecule has 0 radical (unpaired) electrons. The summed E-state index contributed by atoms with van der Waals surface area (Å²) in [4.78, 5) is 0. The molecule has 0 aromatic heterocycles.